The zero-order chi connectivity index (χ0) is 14.6. The third-order valence-corrected chi connectivity index (χ3v) is 5.90. The van der Waals surface area contributed by atoms with Gasteiger partial charge >= 0.3 is 0 Å². The molecule has 0 radical (unpaired) electrons. The minimum absolute atomic E-state index is 0.0807. The summed E-state index contributed by atoms with van der Waals surface area (Å²) in [6.45, 7) is 5.32. The van der Waals surface area contributed by atoms with Crippen LogP contribution >= 0.6 is 0 Å². The van der Waals surface area contributed by atoms with E-state index in [0.29, 0.717) is 23.7 Å². The van der Waals surface area contributed by atoms with Crippen LogP contribution in [0.25, 0.3) is 0 Å². The van der Waals surface area contributed by atoms with Crippen LogP contribution < -0.4 is 5.32 Å². The second kappa shape index (κ2) is 6.59. The zero-order valence-electron chi connectivity index (χ0n) is 12.3. The number of sulfonamides is 1. The van der Waals surface area contributed by atoms with Gasteiger partial charge in [0, 0.05) is 19.1 Å². The predicted octanol–water partition coefficient (Wildman–Crippen LogP) is 3.07. The second-order valence-corrected chi connectivity index (χ2v) is 7.20. The van der Waals surface area contributed by atoms with E-state index in [0.717, 1.165) is 25.7 Å². The monoisotopic (exact) mass is 296 g/mol. The van der Waals surface area contributed by atoms with Crippen molar-refractivity contribution in [1.29, 1.82) is 0 Å². The number of hydrogen-bond acceptors (Lipinski definition) is 3. The van der Waals surface area contributed by atoms with Crippen molar-refractivity contribution < 1.29 is 8.42 Å². The third kappa shape index (κ3) is 3.15. The SMILES string of the molecule is CCNc1ccccc1S(=O)(=O)N1CCCCCC1C. The van der Waals surface area contributed by atoms with E-state index in [-0.39, 0.29) is 6.04 Å². The van der Waals surface area contributed by atoms with Crippen LogP contribution in [0.1, 0.15) is 39.5 Å². The van der Waals surface area contributed by atoms with Gasteiger partial charge in [-0.15, -0.1) is 0 Å². The van der Waals surface area contributed by atoms with E-state index in [4.69, 9.17) is 0 Å². The topological polar surface area (TPSA) is 49.4 Å². The molecule has 2 rings (SSSR count). The molecule has 0 aromatic heterocycles. The molecule has 5 heteroatoms. The van der Waals surface area contributed by atoms with Crippen LogP contribution in [0, 0.1) is 0 Å². The molecule has 1 saturated heterocycles. The maximum atomic E-state index is 12.9. The Hall–Kier alpha value is -1.07. The first-order valence-electron chi connectivity index (χ1n) is 7.42. The lowest BCUT2D eigenvalue weighted by Gasteiger charge is -2.27. The summed E-state index contributed by atoms with van der Waals surface area (Å²) in [5, 5.41) is 3.15. The highest BCUT2D eigenvalue weighted by molar-refractivity contribution is 7.89. The molecule has 112 valence electrons. The largest absolute Gasteiger partial charge is 0.384 e. The fourth-order valence-electron chi connectivity index (χ4n) is 2.76. The van der Waals surface area contributed by atoms with Crippen molar-refractivity contribution >= 4 is 15.7 Å². The molecule has 0 bridgehead atoms. The van der Waals surface area contributed by atoms with Crippen molar-refractivity contribution in [2.45, 2.75) is 50.5 Å². The molecule has 1 unspecified atom stereocenters. The Morgan fingerprint density at radius 3 is 2.75 bits per heavy atom. The quantitative estimate of drug-likeness (QED) is 0.929. The van der Waals surface area contributed by atoms with E-state index in [2.05, 4.69) is 5.32 Å². The van der Waals surface area contributed by atoms with Gasteiger partial charge < -0.3 is 5.32 Å². The van der Waals surface area contributed by atoms with Crippen molar-refractivity contribution in [3.8, 4) is 0 Å². The highest BCUT2D eigenvalue weighted by Gasteiger charge is 2.31. The lowest BCUT2D eigenvalue weighted by Crippen LogP contribution is -2.38. The normalized spacial score (nSPS) is 21.4. The predicted molar refractivity (Wildman–Crippen MR) is 82.4 cm³/mol. The van der Waals surface area contributed by atoms with Gasteiger partial charge in [0.25, 0.3) is 0 Å². The molecular weight excluding hydrogens is 272 g/mol. The maximum Gasteiger partial charge on any atom is 0.245 e. The first kappa shape index (κ1) is 15.3. The number of rotatable bonds is 4. The summed E-state index contributed by atoms with van der Waals surface area (Å²) in [6.07, 6.45) is 4.13. The molecule has 1 atom stereocenters. The first-order chi connectivity index (χ1) is 9.57. The summed E-state index contributed by atoms with van der Waals surface area (Å²) >= 11 is 0. The molecule has 1 heterocycles. The summed E-state index contributed by atoms with van der Waals surface area (Å²) < 4.78 is 27.5. The van der Waals surface area contributed by atoms with Crippen LogP contribution in [0.15, 0.2) is 29.2 Å². The fourth-order valence-corrected chi connectivity index (χ4v) is 4.63. The summed E-state index contributed by atoms with van der Waals surface area (Å²) in [5.41, 5.74) is 0.700. The van der Waals surface area contributed by atoms with E-state index >= 15 is 0 Å². The van der Waals surface area contributed by atoms with Crippen LogP contribution in [-0.2, 0) is 10.0 Å². The number of nitrogens with one attached hydrogen (secondary N) is 1. The standard InChI is InChI=1S/C15H24N2O2S/c1-3-16-14-10-6-7-11-15(14)20(18,19)17-12-8-4-5-9-13(17)2/h6-7,10-11,13,16H,3-5,8-9,12H2,1-2H3. The Kier molecular flexibility index (Phi) is 5.05. The second-order valence-electron chi connectivity index (χ2n) is 5.34. The molecule has 1 aromatic carbocycles. The van der Waals surface area contributed by atoms with Gasteiger partial charge in [-0.2, -0.15) is 4.31 Å². The van der Waals surface area contributed by atoms with Gasteiger partial charge in [0.2, 0.25) is 10.0 Å². The first-order valence-corrected chi connectivity index (χ1v) is 8.86. The van der Waals surface area contributed by atoms with Gasteiger partial charge in [0.15, 0.2) is 0 Å². The minimum atomic E-state index is -3.42. The molecule has 1 N–H and O–H groups in total. The van der Waals surface area contributed by atoms with Crippen LogP contribution in [0.4, 0.5) is 5.69 Å². The van der Waals surface area contributed by atoms with Gasteiger partial charge in [0.05, 0.1) is 5.69 Å². The molecule has 0 spiro atoms. The van der Waals surface area contributed by atoms with Crippen LogP contribution in [-0.4, -0.2) is 31.9 Å². The highest BCUT2D eigenvalue weighted by atomic mass is 32.2. The van der Waals surface area contributed by atoms with E-state index in [1.54, 1.807) is 16.4 Å². The fraction of sp³-hybridized carbons (Fsp3) is 0.600. The van der Waals surface area contributed by atoms with Crippen molar-refractivity contribution in [3.63, 3.8) is 0 Å². The number of hydrogen-bond donors (Lipinski definition) is 1. The lowest BCUT2D eigenvalue weighted by atomic mass is 10.1. The summed E-state index contributed by atoms with van der Waals surface area (Å²) in [7, 11) is -3.42. The smallest absolute Gasteiger partial charge is 0.245 e. The van der Waals surface area contributed by atoms with Gasteiger partial charge in [-0.25, -0.2) is 8.42 Å². The number of anilines is 1. The van der Waals surface area contributed by atoms with Gasteiger partial charge in [-0.1, -0.05) is 25.0 Å². The minimum Gasteiger partial charge on any atom is -0.384 e. The third-order valence-electron chi connectivity index (χ3n) is 3.83. The Morgan fingerprint density at radius 1 is 1.25 bits per heavy atom. The number of benzene rings is 1. The molecule has 1 aromatic rings. The molecule has 4 nitrogen and oxygen atoms in total. The molecule has 0 aliphatic carbocycles. The summed E-state index contributed by atoms with van der Waals surface area (Å²) in [4.78, 5) is 0.399. The van der Waals surface area contributed by atoms with Crippen LogP contribution in [0.2, 0.25) is 0 Å². The molecular formula is C15H24N2O2S. The van der Waals surface area contributed by atoms with E-state index in [1.807, 2.05) is 26.0 Å². The summed E-state index contributed by atoms with van der Waals surface area (Å²) in [5.74, 6) is 0. The van der Waals surface area contributed by atoms with E-state index in [1.165, 1.54) is 0 Å². The van der Waals surface area contributed by atoms with Crippen molar-refractivity contribution in [2.75, 3.05) is 18.4 Å². The maximum absolute atomic E-state index is 12.9. The lowest BCUT2D eigenvalue weighted by molar-refractivity contribution is 0.342. The van der Waals surface area contributed by atoms with Gasteiger partial charge in [0.1, 0.15) is 4.90 Å². The van der Waals surface area contributed by atoms with Crippen molar-refractivity contribution in [3.05, 3.63) is 24.3 Å². The summed E-state index contributed by atoms with van der Waals surface area (Å²) in [6, 6.07) is 7.26. The van der Waals surface area contributed by atoms with Crippen LogP contribution in [0.3, 0.4) is 0 Å². The highest BCUT2D eigenvalue weighted by Crippen LogP contribution is 2.28. The van der Waals surface area contributed by atoms with Gasteiger partial charge in [-0.05, 0) is 38.8 Å². The zero-order valence-corrected chi connectivity index (χ0v) is 13.1. The van der Waals surface area contributed by atoms with E-state index in [9.17, 15) is 8.42 Å². The molecule has 0 saturated carbocycles. The molecule has 20 heavy (non-hydrogen) atoms. The molecule has 1 aliphatic heterocycles. The Labute approximate surface area is 122 Å². The molecule has 0 amide bonds. The number of para-hydroxylation sites is 1. The van der Waals surface area contributed by atoms with Crippen molar-refractivity contribution in [2.24, 2.45) is 0 Å². The van der Waals surface area contributed by atoms with E-state index < -0.39 is 10.0 Å². The Balaban J connectivity index is 2.38. The molecule has 1 aliphatic rings. The van der Waals surface area contributed by atoms with Crippen molar-refractivity contribution in [1.82, 2.24) is 4.31 Å². The molecule has 1 fully saturated rings. The number of nitrogens with zero attached hydrogens (tertiary/aromatic N) is 1. The average Bonchev–Trinajstić information content (AvgIpc) is 2.64. The van der Waals surface area contributed by atoms with Gasteiger partial charge in [-0.3, -0.25) is 0 Å². The average molecular weight is 296 g/mol. The van der Waals surface area contributed by atoms with Crippen LogP contribution in [0.5, 0.6) is 0 Å². The Bertz CT molecular complexity index is 543. The Morgan fingerprint density at radius 2 is 2.00 bits per heavy atom.